The van der Waals surface area contributed by atoms with Crippen LogP contribution in [0.1, 0.15) is 38.3 Å². The van der Waals surface area contributed by atoms with Gasteiger partial charge in [0.05, 0.1) is 22.5 Å². The number of benzene rings is 3. The molecular formula is C29H30N4O4. The topological polar surface area (TPSA) is 102 Å². The molecule has 0 radical (unpaired) electrons. The van der Waals surface area contributed by atoms with Crippen molar-refractivity contribution in [2.75, 3.05) is 44.9 Å². The van der Waals surface area contributed by atoms with Gasteiger partial charge in [0, 0.05) is 30.4 Å². The van der Waals surface area contributed by atoms with Gasteiger partial charge in [-0.15, -0.1) is 0 Å². The van der Waals surface area contributed by atoms with E-state index >= 15 is 0 Å². The zero-order chi connectivity index (χ0) is 26.5. The third kappa shape index (κ3) is 5.87. The Morgan fingerprint density at radius 1 is 0.865 bits per heavy atom. The van der Waals surface area contributed by atoms with Crippen LogP contribution in [-0.2, 0) is 4.79 Å². The van der Waals surface area contributed by atoms with Crippen LogP contribution in [0.25, 0.3) is 11.3 Å². The van der Waals surface area contributed by atoms with Gasteiger partial charge in [-0.25, -0.2) is 4.79 Å². The normalized spacial score (nSPS) is 13.7. The molecule has 0 unspecified atom stereocenters. The molecule has 3 aromatic rings. The second-order valence-electron chi connectivity index (χ2n) is 9.22. The van der Waals surface area contributed by atoms with Crippen LogP contribution in [0, 0.1) is 0 Å². The molecule has 0 fully saturated rings. The van der Waals surface area contributed by atoms with E-state index in [2.05, 4.69) is 15.5 Å². The number of rotatable bonds is 9. The molecule has 0 aliphatic carbocycles. The van der Waals surface area contributed by atoms with Crippen LogP contribution < -0.4 is 10.6 Å². The number of hydrogen-bond donors (Lipinski definition) is 3. The van der Waals surface area contributed by atoms with Gasteiger partial charge >= 0.3 is 5.97 Å². The van der Waals surface area contributed by atoms with Crippen LogP contribution in [0.2, 0.25) is 0 Å². The first-order valence-electron chi connectivity index (χ1n) is 12.0. The maximum absolute atomic E-state index is 13.1. The number of carbonyl (C=O) groups is 3. The van der Waals surface area contributed by atoms with E-state index in [0.29, 0.717) is 40.3 Å². The van der Waals surface area contributed by atoms with E-state index in [0.717, 1.165) is 18.5 Å². The maximum atomic E-state index is 13.1. The fraction of sp³-hybridized carbons (Fsp3) is 0.207. The second kappa shape index (κ2) is 11.1. The molecule has 8 heteroatoms. The van der Waals surface area contributed by atoms with Gasteiger partial charge in [-0.2, -0.15) is 0 Å². The average Bonchev–Trinajstić information content (AvgIpc) is 3.22. The highest BCUT2D eigenvalue weighted by molar-refractivity contribution is 6.37. The second-order valence-corrected chi connectivity index (χ2v) is 9.22. The number of nitrogens with one attached hydrogen (secondary N) is 2. The van der Waals surface area contributed by atoms with Crippen molar-refractivity contribution in [2.45, 2.75) is 6.42 Å². The Hall–Kier alpha value is -4.43. The molecular weight excluding hydrogens is 468 g/mol. The Labute approximate surface area is 216 Å². The van der Waals surface area contributed by atoms with Gasteiger partial charge in [0.15, 0.2) is 0 Å². The van der Waals surface area contributed by atoms with Crippen molar-refractivity contribution >= 4 is 40.4 Å². The molecule has 0 saturated carbocycles. The summed E-state index contributed by atoms with van der Waals surface area (Å²) in [6, 6.07) is 21.2. The molecule has 2 amide bonds. The lowest BCUT2D eigenvalue weighted by Crippen LogP contribution is -2.29. The van der Waals surface area contributed by atoms with E-state index in [1.54, 1.807) is 30.1 Å². The van der Waals surface area contributed by atoms with Gasteiger partial charge < -0.3 is 25.5 Å². The summed E-state index contributed by atoms with van der Waals surface area (Å²) < 4.78 is 0. The predicted molar refractivity (Wildman–Crippen MR) is 145 cm³/mol. The molecule has 37 heavy (non-hydrogen) atoms. The molecule has 0 saturated heterocycles. The van der Waals surface area contributed by atoms with Crippen molar-refractivity contribution in [1.29, 1.82) is 0 Å². The molecule has 1 aliphatic rings. The third-order valence-electron chi connectivity index (χ3n) is 6.17. The highest BCUT2D eigenvalue weighted by Crippen LogP contribution is 2.38. The molecule has 1 heterocycles. The minimum atomic E-state index is -1.06. The molecule has 4 rings (SSSR count). The summed E-state index contributed by atoms with van der Waals surface area (Å²) in [5.74, 6) is -1.44. The maximum Gasteiger partial charge on any atom is 0.335 e. The monoisotopic (exact) mass is 498 g/mol. The largest absolute Gasteiger partial charge is 0.478 e. The summed E-state index contributed by atoms with van der Waals surface area (Å²) >= 11 is 0. The first-order chi connectivity index (χ1) is 17.7. The van der Waals surface area contributed by atoms with Crippen molar-refractivity contribution in [1.82, 2.24) is 9.80 Å². The van der Waals surface area contributed by atoms with E-state index in [-0.39, 0.29) is 17.4 Å². The summed E-state index contributed by atoms with van der Waals surface area (Å²) in [6.45, 7) is 1.57. The first kappa shape index (κ1) is 25.7. The summed E-state index contributed by atoms with van der Waals surface area (Å²) in [5, 5.41) is 15.5. The number of hydrogen-bond acceptors (Lipinski definition) is 5. The Morgan fingerprint density at radius 2 is 1.54 bits per heavy atom. The van der Waals surface area contributed by atoms with Crippen LogP contribution in [0.15, 0.2) is 72.8 Å². The van der Waals surface area contributed by atoms with Crippen molar-refractivity contribution < 1.29 is 19.5 Å². The number of nitrogens with zero attached hydrogens (tertiary/aromatic N) is 2. The zero-order valence-corrected chi connectivity index (χ0v) is 21.1. The molecule has 0 bridgehead atoms. The van der Waals surface area contributed by atoms with Gasteiger partial charge in [0.1, 0.15) is 0 Å². The van der Waals surface area contributed by atoms with E-state index in [4.69, 9.17) is 0 Å². The number of carboxylic acids is 1. The van der Waals surface area contributed by atoms with E-state index < -0.39 is 5.97 Å². The SMILES string of the molecule is CN(C)CCCN(C)C(=O)c1ccc(N/C(=C2\C(=O)Nc3cc(C(=O)O)ccc32)c2ccccc2)cc1. The predicted octanol–water partition coefficient (Wildman–Crippen LogP) is 4.34. The Morgan fingerprint density at radius 3 is 2.19 bits per heavy atom. The van der Waals surface area contributed by atoms with Crippen molar-refractivity contribution in [3.05, 3.63) is 95.1 Å². The number of anilines is 2. The fourth-order valence-corrected chi connectivity index (χ4v) is 4.22. The highest BCUT2D eigenvalue weighted by Gasteiger charge is 2.29. The lowest BCUT2D eigenvalue weighted by atomic mass is 9.99. The molecule has 1 aliphatic heterocycles. The van der Waals surface area contributed by atoms with Gasteiger partial charge in [-0.3, -0.25) is 9.59 Å². The molecule has 0 aromatic heterocycles. The Balaban J connectivity index is 1.63. The van der Waals surface area contributed by atoms with Gasteiger partial charge in [-0.05, 0) is 69.0 Å². The minimum absolute atomic E-state index is 0.0507. The molecule has 0 atom stereocenters. The van der Waals surface area contributed by atoms with Crippen molar-refractivity contribution in [3.8, 4) is 0 Å². The number of aromatic carboxylic acids is 1. The molecule has 190 valence electrons. The zero-order valence-electron chi connectivity index (χ0n) is 21.1. The fourth-order valence-electron chi connectivity index (χ4n) is 4.22. The number of carboxylic acid groups (broad SMARTS) is 1. The standard InChI is InChI=1S/C29H30N4O4/c1-32(2)16-7-17-33(3)28(35)20-10-13-22(14-11-20)30-26(19-8-5-4-6-9-19)25-23-15-12-21(29(36)37)18-24(23)31-27(25)34/h4-6,8-15,18,30H,7,16-17H2,1-3H3,(H,31,34)(H,36,37)/b26-25-. The Bertz CT molecular complexity index is 1350. The van der Waals surface area contributed by atoms with Crippen molar-refractivity contribution in [2.24, 2.45) is 0 Å². The summed E-state index contributed by atoms with van der Waals surface area (Å²) in [5.41, 5.74) is 4.25. The van der Waals surface area contributed by atoms with Gasteiger partial charge in [0.2, 0.25) is 0 Å². The van der Waals surface area contributed by atoms with E-state index in [1.165, 1.54) is 12.1 Å². The van der Waals surface area contributed by atoms with E-state index in [1.807, 2.05) is 56.6 Å². The number of fused-ring (bicyclic) bond motifs is 1. The smallest absolute Gasteiger partial charge is 0.335 e. The lowest BCUT2D eigenvalue weighted by molar-refractivity contribution is -0.110. The van der Waals surface area contributed by atoms with Crippen LogP contribution >= 0.6 is 0 Å². The van der Waals surface area contributed by atoms with Gasteiger partial charge in [-0.1, -0.05) is 36.4 Å². The lowest BCUT2D eigenvalue weighted by Gasteiger charge is -2.19. The van der Waals surface area contributed by atoms with Gasteiger partial charge in [0.25, 0.3) is 11.8 Å². The number of carbonyl (C=O) groups excluding carboxylic acids is 2. The minimum Gasteiger partial charge on any atom is -0.478 e. The molecule has 3 N–H and O–H groups in total. The number of amides is 2. The molecule has 0 spiro atoms. The Kier molecular flexibility index (Phi) is 7.69. The first-order valence-corrected chi connectivity index (χ1v) is 12.0. The van der Waals surface area contributed by atoms with Crippen LogP contribution in [0.4, 0.5) is 11.4 Å². The van der Waals surface area contributed by atoms with Crippen LogP contribution in [0.3, 0.4) is 0 Å². The quantitative estimate of drug-likeness (QED) is 0.380. The summed E-state index contributed by atoms with van der Waals surface area (Å²) in [7, 11) is 5.81. The van der Waals surface area contributed by atoms with Crippen LogP contribution in [-0.4, -0.2) is 66.9 Å². The molecule has 3 aromatic carbocycles. The van der Waals surface area contributed by atoms with Crippen LogP contribution in [0.5, 0.6) is 0 Å². The highest BCUT2D eigenvalue weighted by atomic mass is 16.4. The van der Waals surface area contributed by atoms with E-state index in [9.17, 15) is 19.5 Å². The summed E-state index contributed by atoms with van der Waals surface area (Å²) in [4.78, 5) is 41.1. The average molecular weight is 499 g/mol. The summed E-state index contributed by atoms with van der Waals surface area (Å²) in [6.07, 6.45) is 0.889. The molecule has 8 nitrogen and oxygen atoms in total. The van der Waals surface area contributed by atoms with Crippen molar-refractivity contribution in [3.63, 3.8) is 0 Å². The third-order valence-corrected chi connectivity index (χ3v) is 6.17.